The molecule has 0 saturated carbocycles. The van der Waals surface area contributed by atoms with Crippen LogP contribution >= 0.6 is 0 Å². The van der Waals surface area contributed by atoms with Gasteiger partial charge in [0.05, 0.1) is 25.5 Å². The topological polar surface area (TPSA) is 103 Å². The summed E-state index contributed by atoms with van der Waals surface area (Å²) in [6.45, 7) is 4.21. The van der Waals surface area contributed by atoms with Crippen molar-refractivity contribution in [2.24, 2.45) is 5.92 Å². The maximum Gasteiger partial charge on any atom is 0.257 e. The number of halogens is 5. The lowest BCUT2D eigenvalue weighted by Crippen LogP contribution is -2.57. The Hall–Kier alpha value is -5.67. The average Bonchev–Trinajstić information content (AvgIpc) is 3.60. The van der Waals surface area contributed by atoms with Crippen LogP contribution in [0.1, 0.15) is 64.8 Å². The third-order valence-electron chi connectivity index (χ3n) is 12.0. The van der Waals surface area contributed by atoms with Gasteiger partial charge in [-0.2, -0.15) is 0 Å². The highest BCUT2D eigenvalue weighted by Crippen LogP contribution is 2.43. The molecule has 3 aliphatic heterocycles. The van der Waals surface area contributed by atoms with Gasteiger partial charge in [-0.1, -0.05) is 97.9 Å². The summed E-state index contributed by atoms with van der Waals surface area (Å²) in [4.78, 5) is 30.6. The van der Waals surface area contributed by atoms with Crippen LogP contribution in [0.15, 0.2) is 103 Å². The van der Waals surface area contributed by atoms with Crippen molar-refractivity contribution in [3.63, 3.8) is 0 Å². The van der Waals surface area contributed by atoms with Gasteiger partial charge in [-0.15, -0.1) is 0 Å². The predicted molar refractivity (Wildman–Crippen MR) is 213 cm³/mol. The van der Waals surface area contributed by atoms with Crippen LogP contribution in [0.4, 0.5) is 27.6 Å². The van der Waals surface area contributed by atoms with Crippen LogP contribution in [-0.4, -0.2) is 59.8 Å². The second kappa shape index (κ2) is 17.1. The largest absolute Gasteiger partial charge is 0.392 e. The zero-order chi connectivity index (χ0) is 42.1. The molecule has 3 heterocycles. The van der Waals surface area contributed by atoms with E-state index in [1.54, 1.807) is 24.3 Å². The number of hydrogen-bond donors (Lipinski definition) is 3. The minimum absolute atomic E-state index is 0.0492. The van der Waals surface area contributed by atoms with Crippen molar-refractivity contribution in [2.75, 3.05) is 31.2 Å². The number of nitrogens with zero attached hydrogens (tertiary/aromatic N) is 2. The Kier molecular flexibility index (Phi) is 11.7. The summed E-state index contributed by atoms with van der Waals surface area (Å²) >= 11 is 0. The number of aliphatic hydroxyl groups excluding tert-OH is 1. The maximum atomic E-state index is 14.3. The highest BCUT2D eigenvalue weighted by atomic mass is 19.2. The molecule has 0 bridgehead atoms. The standard InChI is InChI=1S/C46H43F5N4O5/c1-27-35(24-54-21-19-46(20-22-54)45(58)53-26-55(46)33-8-3-2-4-9-33)59-44(60-42(27)30-13-11-28(25-56)12-14-30)31-17-15-29(16-18-31)34-10-6-5-7-32(34)23-52-43(57)36-37(47)39(49)41(51)40(50)38(36)48/h2-18,27,35,42,44,56H,19-26H2,1H3,(H,52,57)(H,53,58)/t27-,35+,42+,44+/m0/s1. The number of hydrogen-bond acceptors (Lipinski definition) is 7. The summed E-state index contributed by atoms with van der Waals surface area (Å²) in [6.07, 6.45) is -0.0584. The van der Waals surface area contributed by atoms with E-state index in [4.69, 9.17) is 9.47 Å². The molecule has 3 N–H and O–H groups in total. The summed E-state index contributed by atoms with van der Waals surface area (Å²) in [5.41, 5.74) is 3.19. The molecule has 0 unspecified atom stereocenters. The second-order valence-electron chi connectivity index (χ2n) is 15.5. The van der Waals surface area contributed by atoms with Gasteiger partial charge in [-0.3, -0.25) is 9.59 Å². The number of rotatable bonds is 10. The molecule has 4 atom stereocenters. The number of carbonyl (C=O) groups is 2. The molecule has 8 rings (SSSR count). The predicted octanol–water partition coefficient (Wildman–Crippen LogP) is 7.69. The van der Waals surface area contributed by atoms with Gasteiger partial charge in [-0.25, -0.2) is 22.0 Å². The Morgan fingerprint density at radius 2 is 1.42 bits per heavy atom. The Balaban J connectivity index is 0.996. The van der Waals surface area contributed by atoms with E-state index >= 15 is 0 Å². The van der Waals surface area contributed by atoms with Crippen LogP contribution in [-0.2, 0) is 27.4 Å². The smallest absolute Gasteiger partial charge is 0.257 e. The maximum absolute atomic E-state index is 14.3. The molecule has 5 aromatic rings. The van der Waals surface area contributed by atoms with Gasteiger partial charge in [-0.05, 0) is 52.8 Å². The van der Waals surface area contributed by atoms with Gasteiger partial charge >= 0.3 is 0 Å². The molecule has 312 valence electrons. The first-order valence-corrected chi connectivity index (χ1v) is 19.8. The van der Waals surface area contributed by atoms with Crippen molar-refractivity contribution in [1.29, 1.82) is 0 Å². The van der Waals surface area contributed by atoms with Crippen LogP contribution in [0.5, 0.6) is 0 Å². The van der Waals surface area contributed by atoms with Crippen LogP contribution < -0.4 is 15.5 Å². The van der Waals surface area contributed by atoms with E-state index in [2.05, 4.69) is 27.4 Å². The summed E-state index contributed by atoms with van der Waals surface area (Å²) < 4.78 is 83.3. The van der Waals surface area contributed by atoms with E-state index in [1.807, 2.05) is 78.9 Å². The number of anilines is 1. The first kappa shape index (κ1) is 41.1. The molecule has 3 fully saturated rings. The fraction of sp³-hybridized carbons (Fsp3) is 0.304. The Morgan fingerprint density at radius 1 is 0.800 bits per heavy atom. The van der Waals surface area contributed by atoms with E-state index in [0.717, 1.165) is 27.9 Å². The highest BCUT2D eigenvalue weighted by Gasteiger charge is 2.51. The van der Waals surface area contributed by atoms with Crippen molar-refractivity contribution in [3.8, 4) is 11.1 Å². The zero-order valence-corrected chi connectivity index (χ0v) is 32.6. The summed E-state index contributed by atoms with van der Waals surface area (Å²) in [6, 6.07) is 32.0. The molecule has 0 aliphatic carbocycles. The molecule has 2 amide bonds. The first-order valence-electron chi connectivity index (χ1n) is 19.8. The van der Waals surface area contributed by atoms with Gasteiger partial charge < -0.3 is 35.0 Å². The lowest BCUT2D eigenvalue weighted by Gasteiger charge is -2.46. The average molecular weight is 827 g/mol. The molecule has 3 saturated heterocycles. The van der Waals surface area contributed by atoms with E-state index < -0.39 is 52.4 Å². The minimum Gasteiger partial charge on any atom is -0.392 e. The Bertz CT molecular complexity index is 2330. The lowest BCUT2D eigenvalue weighted by molar-refractivity contribution is -0.276. The lowest BCUT2D eigenvalue weighted by atomic mass is 9.84. The molecule has 0 radical (unpaired) electrons. The molecule has 5 aromatic carbocycles. The number of benzene rings is 5. The second-order valence-corrected chi connectivity index (χ2v) is 15.5. The van der Waals surface area contributed by atoms with Crippen LogP contribution in [0.3, 0.4) is 0 Å². The third-order valence-corrected chi connectivity index (χ3v) is 12.0. The number of aliphatic hydroxyl groups is 1. The number of para-hydroxylation sites is 1. The fourth-order valence-corrected chi connectivity index (χ4v) is 8.56. The monoisotopic (exact) mass is 826 g/mol. The SMILES string of the molecule is C[C@H]1[C@@H](CN2CCC3(CC2)C(=O)NCN3c2ccccc2)O[C@@H](c2ccc(-c3ccccc3CNC(=O)c3c(F)c(F)c(F)c(F)c3F)cc2)O[C@H]1c1ccc(CO)cc1. The van der Waals surface area contributed by atoms with Crippen molar-refractivity contribution in [2.45, 2.75) is 57.0 Å². The number of amides is 2. The van der Waals surface area contributed by atoms with E-state index in [0.29, 0.717) is 50.3 Å². The summed E-state index contributed by atoms with van der Waals surface area (Å²) in [5.74, 6) is -12.6. The van der Waals surface area contributed by atoms with Crippen molar-refractivity contribution >= 4 is 17.5 Å². The van der Waals surface area contributed by atoms with Crippen LogP contribution in [0.2, 0.25) is 0 Å². The van der Waals surface area contributed by atoms with E-state index in [9.17, 15) is 36.6 Å². The van der Waals surface area contributed by atoms with Crippen LogP contribution in [0, 0.1) is 35.0 Å². The molecule has 3 aliphatic rings. The highest BCUT2D eigenvalue weighted by molar-refractivity contribution is 5.95. The Morgan fingerprint density at radius 3 is 2.08 bits per heavy atom. The third kappa shape index (κ3) is 7.76. The molecule has 1 spiro atoms. The van der Waals surface area contributed by atoms with Gasteiger partial charge in [0.1, 0.15) is 11.1 Å². The quantitative estimate of drug-likeness (QED) is 0.0755. The minimum atomic E-state index is -2.34. The normalized spacial score (nSPS) is 21.6. The molecular weight excluding hydrogens is 784 g/mol. The molecule has 0 aromatic heterocycles. The van der Waals surface area contributed by atoms with Crippen molar-refractivity contribution < 1.29 is 46.1 Å². The van der Waals surface area contributed by atoms with Gasteiger partial charge in [0, 0.05) is 43.3 Å². The van der Waals surface area contributed by atoms with Gasteiger partial charge in [0.15, 0.2) is 29.6 Å². The van der Waals surface area contributed by atoms with Crippen molar-refractivity contribution in [3.05, 3.63) is 160 Å². The van der Waals surface area contributed by atoms with Gasteiger partial charge in [0.2, 0.25) is 11.7 Å². The number of piperidine rings is 1. The Labute approximate surface area is 343 Å². The number of likely N-dealkylation sites (tertiary alicyclic amines) is 1. The summed E-state index contributed by atoms with van der Waals surface area (Å²) in [5, 5.41) is 15.0. The van der Waals surface area contributed by atoms with Crippen LogP contribution in [0.25, 0.3) is 11.1 Å². The molecule has 9 nitrogen and oxygen atoms in total. The van der Waals surface area contributed by atoms with E-state index in [1.165, 1.54) is 0 Å². The van der Waals surface area contributed by atoms with Gasteiger partial charge in [0.25, 0.3) is 5.91 Å². The fourth-order valence-electron chi connectivity index (χ4n) is 8.56. The van der Waals surface area contributed by atoms with E-state index in [-0.39, 0.29) is 37.2 Å². The molecular formula is C46H43F5N4O5. The first-order chi connectivity index (χ1) is 29.0. The number of nitrogens with one attached hydrogen (secondary N) is 2. The molecule has 14 heteroatoms. The summed E-state index contributed by atoms with van der Waals surface area (Å²) in [7, 11) is 0. The number of ether oxygens (including phenoxy) is 2. The zero-order valence-electron chi connectivity index (χ0n) is 32.6. The number of carbonyl (C=O) groups excluding carboxylic acids is 2. The molecule has 60 heavy (non-hydrogen) atoms. The van der Waals surface area contributed by atoms with Crippen molar-refractivity contribution in [1.82, 2.24) is 15.5 Å².